The van der Waals surface area contributed by atoms with E-state index in [1.54, 1.807) is 11.9 Å². The van der Waals surface area contributed by atoms with E-state index in [4.69, 9.17) is 0 Å². The molecule has 4 heteroatoms. The summed E-state index contributed by atoms with van der Waals surface area (Å²) in [5.41, 5.74) is 2.24. The molecule has 0 fully saturated rings. The van der Waals surface area contributed by atoms with Crippen LogP contribution < -0.4 is 0 Å². The quantitative estimate of drug-likeness (QED) is 0.683. The molecule has 90 valence electrons. The zero-order chi connectivity index (χ0) is 12.5. The summed E-state index contributed by atoms with van der Waals surface area (Å²) in [7, 11) is 0. The van der Waals surface area contributed by atoms with Gasteiger partial charge in [-0.1, -0.05) is 18.2 Å². The van der Waals surface area contributed by atoms with Crippen molar-refractivity contribution in [1.82, 2.24) is 8.96 Å². The fourth-order valence-electron chi connectivity index (χ4n) is 1.87. The number of rotatable bonds is 2. The van der Waals surface area contributed by atoms with Gasteiger partial charge in [-0.15, -0.1) is 0 Å². The molecule has 2 heterocycles. The van der Waals surface area contributed by atoms with E-state index in [9.17, 15) is 0 Å². The summed E-state index contributed by atoms with van der Waals surface area (Å²) in [6, 6.07) is 12.4. The molecule has 0 bridgehead atoms. The van der Waals surface area contributed by atoms with Crippen LogP contribution >= 0.6 is 27.9 Å². The van der Waals surface area contributed by atoms with Gasteiger partial charge in [0.05, 0.1) is 0 Å². The third-order valence-corrected chi connectivity index (χ3v) is 4.12. The molecule has 0 spiro atoms. The van der Waals surface area contributed by atoms with Gasteiger partial charge in [0.25, 0.3) is 0 Å². The SMILES string of the molecule is Cc1cn(Sc2ccccc2)c2ncc(Br)cc12. The lowest BCUT2D eigenvalue weighted by atomic mass is 10.2. The van der Waals surface area contributed by atoms with Crippen molar-refractivity contribution in [1.29, 1.82) is 0 Å². The third kappa shape index (κ3) is 2.18. The molecule has 0 aliphatic rings. The first-order valence-corrected chi connectivity index (χ1v) is 7.17. The average molecular weight is 319 g/mol. The van der Waals surface area contributed by atoms with Crippen molar-refractivity contribution in [2.45, 2.75) is 11.8 Å². The van der Waals surface area contributed by atoms with Crippen LogP contribution in [0.3, 0.4) is 0 Å². The monoisotopic (exact) mass is 318 g/mol. The number of aryl methyl sites for hydroxylation is 1. The molecule has 2 nitrogen and oxygen atoms in total. The molecular weight excluding hydrogens is 308 g/mol. The zero-order valence-corrected chi connectivity index (χ0v) is 12.2. The Kier molecular flexibility index (Phi) is 3.14. The van der Waals surface area contributed by atoms with Crippen LogP contribution in [-0.2, 0) is 0 Å². The molecule has 1 aromatic carbocycles. The van der Waals surface area contributed by atoms with Gasteiger partial charge >= 0.3 is 0 Å². The highest BCUT2D eigenvalue weighted by molar-refractivity contribution is 9.10. The van der Waals surface area contributed by atoms with E-state index < -0.39 is 0 Å². The average Bonchev–Trinajstić information content (AvgIpc) is 2.67. The maximum absolute atomic E-state index is 4.49. The number of hydrogen-bond donors (Lipinski definition) is 0. The van der Waals surface area contributed by atoms with Gasteiger partial charge < -0.3 is 0 Å². The first-order valence-electron chi connectivity index (χ1n) is 5.60. The Balaban J connectivity index is 2.08. The fourth-order valence-corrected chi connectivity index (χ4v) is 3.15. The van der Waals surface area contributed by atoms with E-state index in [1.165, 1.54) is 15.8 Å². The molecule has 0 aliphatic heterocycles. The lowest BCUT2D eigenvalue weighted by Crippen LogP contribution is -1.86. The second kappa shape index (κ2) is 4.78. The second-order valence-electron chi connectivity index (χ2n) is 4.07. The van der Waals surface area contributed by atoms with Crippen molar-refractivity contribution in [2.24, 2.45) is 0 Å². The van der Waals surface area contributed by atoms with Gasteiger partial charge in [0.1, 0.15) is 0 Å². The highest BCUT2D eigenvalue weighted by Crippen LogP contribution is 2.29. The molecular formula is C14H11BrN2S. The number of pyridine rings is 1. The van der Waals surface area contributed by atoms with Crippen molar-refractivity contribution >= 4 is 38.9 Å². The minimum Gasteiger partial charge on any atom is -0.270 e. The fraction of sp³-hybridized carbons (Fsp3) is 0.0714. The molecule has 0 saturated carbocycles. The van der Waals surface area contributed by atoms with E-state index in [0.717, 1.165) is 10.1 Å². The lowest BCUT2D eigenvalue weighted by Gasteiger charge is -2.03. The molecule has 3 rings (SSSR count). The van der Waals surface area contributed by atoms with Gasteiger partial charge in [-0.3, -0.25) is 3.97 Å². The van der Waals surface area contributed by atoms with Gasteiger partial charge in [0.2, 0.25) is 0 Å². The highest BCUT2D eigenvalue weighted by atomic mass is 79.9. The predicted octanol–water partition coefficient (Wildman–Crippen LogP) is 4.66. The Morgan fingerprint density at radius 1 is 1.22 bits per heavy atom. The Hall–Kier alpha value is -1.26. The summed E-state index contributed by atoms with van der Waals surface area (Å²) in [5.74, 6) is 0. The Morgan fingerprint density at radius 3 is 2.78 bits per heavy atom. The molecule has 3 aromatic rings. The van der Waals surface area contributed by atoms with Crippen LogP contribution in [0, 0.1) is 6.92 Å². The van der Waals surface area contributed by atoms with Crippen LogP contribution in [0.2, 0.25) is 0 Å². The van der Waals surface area contributed by atoms with E-state index in [1.807, 2.05) is 24.4 Å². The van der Waals surface area contributed by atoms with E-state index >= 15 is 0 Å². The smallest absolute Gasteiger partial charge is 0.150 e. The number of benzene rings is 1. The minimum atomic E-state index is 1.00. The van der Waals surface area contributed by atoms with Gasteiger partial charge in [0, 0.05) is 27.1 Å². The van der Waals surface area contributed by atoms with Gasteiger partial charge in [-0.05, 0) is 58.6 Å². The maximum atomic E-state index is 4.49. The zero-order valence-electron chi connectivity index (χ0n) is 9.80. The summed E-state index contributed by atoms with van der Waals surface area (Å²) in [6.45, 7) is 2.11. The number of aromatic nitrogens is 2. The van der Waals surface area contributed by atoms with Gasteiger partial charge in [-0.2, -0.15) is 0 Å². The molecule has 0 radical (unpaired) electrons. The Bertz CT molecular complexity index is 692. The summed E-state index contributed by atoms with van der Waals surface area (Å²) in [4.78, 5) is 5.70. The van der Waals surface area contributed by atoms with Crippen molar-refractivity contribution < 1.29 is 0 Å². The van der Waals surface area contributed by atoms with Crippen LogP contribution in [0.5, 0.6) is 0 Å². The molecule has 0 saturated heterocycles. The van der Waals surface area contributed by atoms with Crippen molar-refractivity contribution in [2.75, 3.05) is 0 Å². The maximum Gasteiger partial charge on any atom is 0.150 e. The molecule has 0 unspecified atom stereocenters. The number of hydrogen-bond acceptors (Lipinski definition) is 2. The molecule has 2 aromatic heterocycles. The van der Waals surface area contributed by atoms with Crippen molar-refractivity contribution in [3.63, 3.8) is 0 Å². The van der Waals surface area contributed by atoms with Crippen LogP contribution in [0.1, 0.15) is 5.56 Å². The van der Waals surface area contributed by atoms with Crippen molar-refractivity contribution in [3.05, 3.63) is 58.8 Å². The number of halogens is 1. The van der Waals surface area contributed by atoms with Gasteiger partial charge in [-0.25, -0.2) is 4.98 Å². The minimum absolute atomic E-state index is 1.00. The number of fused-ring (bicyclic) bond motifs is 1. The van der Waals surface area contributed by atoms with Crippen LogP contribution in [0.4, 0.5) is 0 Å². The summed E-state index contributed by atoms with van der Waals surface area (Å²) in [5, 5.41) is 1.19. The lowest BCUT2D eigenvalue weighted by molar-refractivity contribution is 1.23. The topological polar surface area (TPSA) is 17.8 Å². The normalized spacial score (nSPS) is 11.0. The molecule has 18 heavy (non-hydrogen) atoms. The summed E-state index contributed by atoms with van der Waals surface area (Å²) in [6.07, 6.45) is 3.96. The van der Waals surface area contributed by atoms with Crippen LogP contribution in [0.25, 0.3) is 11.0 Å². The highest BCUT2D eigenvalue weighted by Gasteiger charge is 2.08. The van der Waals surface area contributed by atoms with Gasteiger partial charge in [0.15, 0.2) is 5.65 Å². The Labute approximate surface area is 118 Å². The van der Waals surface area contributed by atoms with Crippen LogP contribution in [-0.4, -0.2) is 8.96 Å². The molecule has 0 aliphatic carbocycles. The molecule has 0 N–H and O–H groups in total. The van der Waals surface area contributed by atoms with Crippen molar-refractivity contribution in [3.8, 4) is 0 Å². The largest absolute Gasteiger partial charge is 0.270 e. The van der Waals surface area contributed by atoms with Crippen LogP contribution in [0.15, 0.2) is 58.2 Å². The number of nitrogens with zero attached hydrogens (tertiary/aromatic N) is 2. The van der Waals surface area contributed by atoms with E-state index in [-0.39, 0.29) is 0 Å². The first kappa shape index (κ1) is 11.8. The molecule has 0 amide bonds. The summed E-state index contributed by atoms with van der Waals surface area (Å²) >= 11 is 5.15. The molecule has 0 atom stereocenters. The third-order valence-electron chi connectivity index (χ3n) is 2.72. The Morgan fingerprint density at radius 2 is 2.00 bits per heavy atom. The standard InChI is InChI=1S/C14H11BrN2S/c1-10-9-17(18-12-5-3-2-4-6-12)14-13(10)7-11(15)8-16-14/h2-9H,1H3. The second-order valence-corrected chi connectivity index (χ2v) is 6.03. The summed E-state index contributed by atoms with van der Waals surface area (Å²) < 4.78 is 3.13. The van der Waals surface area contributed by atoms with E-state index in [0.29, 0.717) is 0 Å². The first-order chi connectivity index (χ1) is 8.74. The van der Waals surface area contributed by atoms with E-state index in [2.05, 4.69) is 56.2 Å². The predicted molar refractivity (Wildman–Crippen MR) is 79.9 cm³/mol.